The van der Waals surface area contributed by atoms with E-state index in [0.717, 1.165) is 16.9 Å². The third-order valence-corrected chi connectivity index (χ3v) is 2.07. The van der Waals surface area contributed by atoms with E-state index in [9.17, 15) is 13.2 Å². The first kappa shape index (κ1) is 10.9. The summed E-state index contributed by atoms with van der Waals surface area (Å²) in [6.45, 7) is 0. The molecule has 2 rings (SSSR count). The van der Waals surface area contributed by atoms with Crippen molar-refractivity contribution in [3.05, 3.63) is 41.3 Å². The van der Waals surface area contributed by atoms with Crippen molar-refractivity contribution in [1.29, 1.82) is 0 Å². The lowest BCUT2D eigenvalue weighted by molar-refractivity contribution is -0.137. The van der Waals surface area contributed by atoms with Crippen LogP contribution in [0.15, 0.2) is 30.7 Å². The lowest BCUT2D eigenvalue weighted by Gasteiger charge is -2.11. The number of hydrogen-bond acceptors (Lipinski definition) is 2. The van der Waals surface area contributed by atoms with Crippen LogP contribution in [0.5, 0.6) is 0 Å². The lowest BCUT2D eigenvalue weighted by atomic mass is 10.2. The molecule has 0 aliphatic rings. The van der Waals surface area contributed by atoms with Crippen LogP contribution in [-0.4, -0.2) is 14.8 Å². The van der Waals surface area contributed by atoms with Gasteiger partial charge in [-0.2, -0.15) is 18.3 Å². The normalized spacial score (nSPS) is 11.8. The predicted molar refractivity (Wildman–Crippen MR) is 51.4 cm³/mol. The maximum atomic E-state index is 12.7. The van der Waals surface area contributed by atoms with Crippen LogP contribution in [0.3, 0.4) is 0 Å². The van der Waals surface area contributed by atoms with Gasteiger partial charge in [0.25, 0.3) is 0 Å². The summed E-state index contributed by atoms with van der Waals surface area (Å²) < 4.78 is 39.1. The molecule has 84 valence electrons. The molecule has 0 spiro atoms. The fourth-order valence-electron chi connectivity index (χ4n) is 1.22. The van der Waals surface area contributed by atoms with E-state index >= 15 is 0 Å². The number of alkyl halides is 3. The average Bonchev–Trinajstić information content (AvgIpc) is 2.69. The molecule has 16 heavy (non-hydrogen) atoms. The highest BCUT2D eigenvalue weighted by atomic mass is 35.5. The van der Waals surface area contributed by atoms with Crippen LogP contribution < -0.4 is 0 Å². The van der Waals surface area contributed by atoms with Crippen molar-refractivity contribution >= 4 is 11.6 Å². The SMILES string of the molecule is FC(F)(F)c1cc(Cl)cnc1-n1cccn1. The highest BCUT2D eigenvalue weighted by Crippen LogP contribution is 2.33. The Morgan fingerprint density at radius 2 is 2.06 bits per heavy atom. The molecule has 2 aromatic rings. The maximum absolute atomic E-state index is 12.7. The number of rotatable bonds is 1. The molecule has 0 aromatic carbocycles. The van der Waals surface area contributed by atoms with Crippen molar-refractivity contribution in [2.45, 2.75) is 6.18 Å². The Labute approximate surface area is 93.5 Å². The quantitative estimate of drug-likeness (QED) is 0.776. The molecule has 0 bridgehead atoms. The standard InChI is InChI=1S/C9H5ClF3N3/c10-6-4-7(9(11,12)13)8(14-5-6)16-3-1-2-15-16/h1-5H. The molecule has 0 N–H and O–H groups in total. The molecule has 0 fully saturated rings. The van der Waals surface area contributed by atoms with Crippen LogP contribution in [0.4, 0.5) is 13.2 Å². The van der Waals surface area contributed by atoms with Crippen molar-refractivity contribution in [1.82, 2.24) is 14.8 Å². The van der Waals surface area contributed by atoms with Crippen molar-refractivity contribution in [3.8, 4) is 5.82 Å². The third-order valence-electron chi connectivity index (χ3n) is 1.86. The van der Waals surface area contributed by atoms with Crippen LogP contribution in [0.25, 0.3) is 5.82 Å². The van der Waals surface area contributed by atoms with Crippen molar-refractivity contribution in [3.63, 3.8) is 0 Å². The summed E-state index contributed by atoms with van der Waals surface area (Å²) in [5.74, 6) is -0.290. The molecule has 0 unspecified atom stereocenters. The van der Waals surface area contributed by atoms with Gasteiger partial charge in [-0.25, -0.2) is 9.67 Å². The van der Waals surface area contributed by atoms with Gasteiger partial charge in [0.2, 0.25) is 0 Å². The van der Waals surface area contributed by atoms with Gasteiger partial charge >= 0.3 is 6.18 Å². The molecular weight excluding hydrogens is 243 g/mol. The van der Waals surface area contributed by atoms with Gasteiger partial charge in [-0.3, -0.25) is 0 Å². The molecule has 7 heteroatoms. The van der Waals surface area contributed by atoms with Crippen molar-refractivity contribution in [2.75, 3.05) is 0 Å². The number of aromatic nitrogens is 3. The van der Waals surface area contributed by atoms with Gasteiger partial charge in [0.05, 0.1) is 5.02 Å². The van der Waals surface area contributed by atoms with Crippen LogP contribution >= 0.6 is 11.6 Å². The van der Waals surface area contributed by atoms with Gasteiger partial charge in [0, 0.05) is 18.6 Å². The molecule has 0 atom stereocenters. The lowest BCUT2D eigenvalue weighted by Crippen LogP contribution is -2.12. The van der Waals surface area contributed by atoms with Crippen molar-refractivity contribution in [2.24, 2.45) is 0 Å². The molecule has 2 heterocycles. The summed E-state index contributed by atoms with van der Waals surface area (Å²) >= 11 is 5.49. The first-order chi connectivity index (χ1) is 7.48. The summed E-state index contributed by atoms with van der Waals surface area (Å²) in [6, 6.07) is 2.34. The maximum Gasteiger partial charge on any atom is 0.420 e. The van der Waals surface area contributed by atoms with E-state index in [0.29, 0.717) is 0 Å². The minimum atomic E-state index is -4.51. The Hall–Kier alpha value is -1.56. The summed E-state index contributed by atoms with van der Waals surface area (Å²) in [7, 11) is 0. The van der Waals surface area contributed by atoms with E-state index in [2.05, 4.69) is 10.1 Å². The van der Waals surface area contributed by atoms with E-state index in [1.54, 1.807) is 0 Å². The first-order valence-corrected chi connectivity index (χ1v) is 4.59. The van der Waals surface area contributed by atoms with Crippen molar-refractivity contribution < 1.29 is 13.2 Å². The second kappa shape index (κ2) is 3.79. The zero-order valence-corrected chi connectivity index (χ0v) is 8.50. The number of pyridine rings is 1. The predicted octanol–water partition coefficient (Wildman–Crippen LogP) is 2.94. The second-order valence-electron chi connectivity index (χ2n) is 2.97. The summed E-state index contributed by atoms with van der Waals surface area (Å²) in [4.78, 5) is 3.64. The molecule has 2 aromatic heterocycles. The highest BCUT2D eigenvalue weighted by molar-refractivity contribution is 6.30. The van der Waals surface area contributed by atoms with Gasteiger partial charge in [0.15, 0.2) is 5.82 Å². The first-order valence-electron chi connectivity index (χ1n) is 4.21. The molecule has 0 amide bonds. The molecule has 0 aliphatic carbocycles. The van der Waals surface area contributed by atoms with Gasteiger partial charge in [0.1, 0.15) is 5.56 Å². The zero-order chi connectivity index (χ0) is 11.8. The van der Waals surface area contributed by atoms with Crippen LogP contribution in [0.2, 0.25) is 5.02 Å². The number of hydrogen-bond donors (Lipinski definition) is 0. The minimum Gasteiger partial charge on any atom is -0.235 e. The van der Waals surface area contributed by atoms with Gasteiger partial charge < -0.3 is 0 Å². The molecule has 0 saturated carbocycles. The minimum absolute atomic E-state index is 0.0665. The Balaban J connectivity index is 2.62. The molecule has 0 aliphatic heterocycles. The largest absolute Gasteiger partial charge is 0.420 e. The Morgan fingerprint density at radius 3 is 2.62 bits per heavy atom. The topological polar surface area (TPSA) is 30.7 Å². The monoisotopic (exact) mass is 247 g/mol. The molecule has 0 radical (unpaired) electrons. The smallest absolute Gasteiger partial charge is 0.235 e. The third kappa shape index (κ3) is 2.01. The average molecular weight is 248 g/mol. The van der Waals surface area contributed by atoms with E-state index in [1.807, 2.05) is 0 Å². The molecule has 0 saturated heterocycles. The Bertz CT molecular complexity index is 493. The van der Waals surface area contributed by atoms with E-state index in [-0.39, 0.29) is 10.8 Å². The zero-order valence-electron chi connectivity index (χ0n) is 7.74. The van der Waals surface area contributed by atoms with Gasteiger partial charge in [-0.1, -0.05) is 11.6 Å². The fraction of sp³-hybridized carbons (Fsp3) is 0.111. The van der Waals surface area contributed by atoms with Gasteiger partial charge in [-0.05, 0) is 12.1 Å². The summed E-state index contributed by atoms with van der Waals surface area (Å²) in [6.07, 6.45) is -0.616. The second-order valence-corrected chi connectivity index (χ2v) is 3.41. The highest BCUT2D eigenvalue weighted by Gasteiger charge is 2.35. The van der Waals surface area contributed by atoms with Gasteiger partial charge in [-0.15, -0.1) is 0 Å². The summed E-state index contributed by atoms with van der Waals surface area (Å²) in [5.41, 5.74) is -0.913. The number of nitrogens with zero attached hydrogens (tertiary/aromatic N) is 3. The number of halogens is 4. The van der Waals surface area contributed by atoms with Crippen LogP contribution in [-0.2, 0) is 6.18 Å². The molecule has 3 nitrogen and oxygen atoms in total. The van der Waals surface area contributed by atoms with E-state index in [4.69, 9.17) is 11.6 Å². The fourth-order valence-corrected chi connectivity index (χ4v) is 1.38. The van der Waals surface area contributed by atoms with E-state index < -0.39 is 11.7 Å². The van der Waals surface area contributed by atoms with E-state index in [1.165, 1.54) is 18.5 Å². The summed E-state index contributed by atoms with van der Waals surface area (Å²) in [5, 5.41) is 3.63. The van der Waals surface area contributed by atoms with Crippen LogP contribution in [0.1, 0.15) is 5.56 Å². The Kier molecular flexibility index (Phi) is 2.59. The van der Waals surface area contributed by atoms with Crippen LogP contribution in [0, 0.1) is 0 Å². The Morgan fingerprint density at radius 1 is 1.31 bits per heavy atom. The molecular formula is C9H5ClF3N3.